The van der Waals surface area contributed by atoms with Crippen LogP contribution >= 0.6 is 0 Å². The molecule has 0 aromatic carbocycles. The third kappa shape index (κ3) is 7.34. The average molecular weight is 298 g/mol. The smallest absolute Gasteiger partial charge is 0.317 e. The lowest BCUT2D eigenvalue weighted by molar-refractivity contribution is -0.137. The molecule has 2 amide bonds. The Labute approximate surface area is 128 Å². The van der Waals surface area contributed by atoms with Crippen molar-refractivity contribution in [2.24, 2.45) is 5.41 Å². The zero-order valence-electron chi connectivity index (χ0n) is 13.7. The van der Waals surface area contributed by atoms with Gasteiger partial charge in [-0.25, -0.2) is 4.79 Å². The average Bonchev–Trinajstić information content (AvgIpc) is 3.21. The third-order valence-corrected chi connectivity index (χ3v) is 3.99. The van der Waals surface area contributed by atoms with E-state index in [-0.39, 0.29) is 23.9 Å². The van der Waals surface area contributed by atoms with Gasteiger partial charge in [-0.3, -0.25) is 4.79 Å². The number of amides is 2. The second-order valence-electron chi connectivity index (χ2n) is 6.85. The van der Waals surface area contributed by atoms with Gasteiger partial charge in [-0.05, 0) is 24.7 Å². The van der Waals surface area contributed by atoms with E-state index in [0.29, 0.717) is 13.1 Å². The molecule has 1 rings (SSSR count). The summed E-state index contributed by atoms with van der Waals surface area (Å²) in [5.74, 6) is -0.853. The van der Waals surface area contributed by atoms with Crippen molar-refractivity contribution in [1.29, 1.82) is 0 Å². The number of aliphatic carboxylic acids is 1. The molecule has 0 spiro atoms. The number of rotatable bonds is 10. The topological polar surface area (TPSA) is 69.6 Å². The van der Waals surface area contributed by atoms with E-state index < -0.39 is 5.97 Å². The second kappa shape index (κ2) is 8.25. The van der Waals surface area contributed by atoms with Crippen LogP contribution in [0.3, 0.4) is 0 Å². The molecular weight excluding hydrogens is 268 g/mol. The summed E-state index contributed by atoms with van der Waals surface area (Å²) in [5.41, 5.74) is 0.0901. The van der Waals surface area contributed by atoms with E-state index in [1.165, 1.54) is 19.3 Å². The quantitative estimate of drug-likeness (QED) is 0.608. The van der Waals surface area contributed by atoms with Crippen molar-refractivity contribution in [2.75, 3.05) is 13.1 Å². The van der Waals surface area contributed by atoms with E-state index in [0.717, 1.165) is 19.3 Å². The Bertz CT molecular complexity index is 351. The number of carbonyl (C=O) groups excluding carboxylic acids is 1. The Kier molecular flexibility index (Phi) is 6.99. The highest BCUT2D eigenvalue weighted by Gasteiger charge is 2.33. The largest absolute Gasteiger partial charge is 0.481 e. The van der Waals surface area contributed by atoms with Crippen LogP contribution in [-0.4, -0.2) is 41.1 Å². The van der Waals surface area contributed by atoms with Crippen molar-refractivity contribution >= 4 is 12.0 Å². The fourth-order valence-electron chi connectivity index (χ4n) is 2.41. The van der Waals surface area contributed by atoms with Crippen LogP contribution in [0, 0.1) is 5.41 Å². The Hall–Kier alpha value is -1.26. The fraction of sp³-hybridized carbons (Fsp3) is 0.875. The maximum absolute atomic E-state index is 12.2. The SMILES string of the molecule is CCCCCC(C)(C)CNC(=O)N(CCC(=O)O)C1CC1. The molecule has 2 N–H and O–H groups in total. The predicted molar refractivity (Wildman–Crippen MR) is 83.3 cm³/mol. The van der Waals surface area contributed by atoms with Gasteiger partial charge in [0.2, 0.25) is 0 Å². The maximum Gasteiger partial charge on any atom is 0.317 e. The number of nitrogens with zero attached hydrogens (tertiary/aromatic N) is 1. The number of carboxylic acid groups (broad SMARTS) is 1. The van der Waals surface area contributed by atoms with Crippen molar-refractivity contribution in [3.05, 3.63) is 0 Å². The molecule has 0 saturated heterocycles. The molecule has 1 fully saturated rings. The van der Waals surface area contributed by atoms with Gasteiger partial charge in [0.1, 0.15) is 0 Å². The number of hydrogen-bond donors (Lipinski definition) is 2. The molecule has 0 bridgehead atoms. The van der Waals surface area contributed by atoms with E-state index >= 15 is 0 Å². The van der Waals surface area contributed by atoms with E-state index in [1.807, 2.05) is 0 Å². The molecule has 0 radical (unpaired) electrons. The van der Waals surface area contributed by atoms with Gasteiger partial charge < -0.3 is 15.3 Å². The van der Waals surface area contributed by atoms with Crippen LogP contribution < -0.4 is 5.32 Å². The Balaban J connectivity index is 2.36. The Morgan fingerprint density at radius 1 is 1.29 bits per heavy atom. The summed E-state index contributed by atoms with van der Waals surface area (Å²) in [6.45, 7) is 7.47. The summed E-state index contributed by atoms with van der Waals surface area (Å²) in [4.78, 5) is 24.6. The normalized spacial score (nSPS) is 14.8. The lowest BCUT2D eigenvalue weighted by atomic mass is 9.87. The molecule has 0 unspecified atom stereocenters. The minimum atomic E-state index is -0.853. The molecular formula is C16H30N2O3. The van der Waals surface area contributed by atoms with Gasteiger partial charge in [0.25, 0.3) is 0 Å². The van der Waals surface area contributed by atoms with Crippen LogP contribution in [0.4, 0.5) is 4.79 Å². The first kappa shape index (κ1) is 17.8. The highest BCUT2D eigenvalue weighted by atomic mass is 16.4. The van der Waals surface area contributed by atoms with Crippen LogP contribution in [0.1, 0.15) is 65.7 Å². The molecule has 5 nitrogen and oxygen atoms in total. The molecule has 1 saturated carbocycles. The van der Waals surface area contributed by atoms with Crippen LogP contribution in [-0.2, 0) is 4.79 Å². The molecule has 0 aromatic rings. The van der Waals surface area contributed by atoms with Crippen molar-refractivity contribution in [3.8, 4) is 0 Å². The maximum atomic E-state index is 12.2. The van der Waals surface area contributed by atoms with Crippen LogP contribution in [0.5, 0.6) is 0 Å². The lowest BCUT2D eigenvalue weighted by Gasteiger charge is -2.28. The van der Waals surface area contributed by atoms with Crippen LogP contribution in [0.15, 0.2) is 0 Å². The fourth-order valence-corrected chi connectivity index (χ4v) is 2.41. The Morgan fingerprint density at radius 2 is 1.95 bits per heavy atom. The molecule has 0 aromatic heterocycles. The summed E-state index contributed by atoms with van der Waals surface area (Å²) in [6.07, 6.45) is 6.71. The summed E-state index contributed by atoms with van der Waals surface area (Å²) in [7, 11) is 0. The molecule has 5 heteroatoms. The molecule has 122 valence electrons. The molecule has 0 aliphatic heterocycles. The molecule has 0 atom stereocenters. The summed E-state index contributed by atoms with van der Waals surface area (Å²) in [6, 6.07) is 0.134. The van der Waals surface area contributed by atoms with Gasteiger partial charge in [-0.1, -0.05) is 40.0 Å². The first-order valence-electron chi connectivity index (χ1n) is 8.12. The van der Waals surface area contributed by atoms with E-state index in [1.54, 1.807) is 4.90 Å². The number of unbranched alkanes of at least 4 members (excludes halogenated alkanes) is 2. The highest BCUT2D eigenvalue weighted by molar-refractivity contribution is 5.76. The minimum Gasteiger partial charge on any atom is -0.481 e. The molecule has 1 aliphatic rings. The molecule has 21 heavy (non-hydrogen) atoms. The van der Waals surface area contributed by atoms with E-state index in [2.05, 4.69) is 26.1 Å². The van der Waals surface area contributed by atoms with Crippen molar-refractivity contribution in [3.63, 3.8) is 0 Å². The first-order chi connectivity index (χ1) is 9.85. The lowest BCUT2D eigenvalue weighted by Crippen LogP contribution is -2.45. The highest BCUT2D eigenvalue weighted by Crippen LogP contribution is 2.27. The monoisotopic (exact) mass is 298 g/mol. The van der Waals surface area contributed by atoms with Gasteiger partial charge >= 0.3 is 12.0 Å². The predicted octanol–water partition coefficient (Wildman–Crippen LogP) is 3.24. The number of carbonyl (C=O) groups is 2. The van der Waals surface area contributed by atoms with Crippen molar-refractivity contribution in [1.82, 2.24) is 10.2 Å². The standard InChI is InChI=1S/C16H30N2O3/c1-4-5-6-10-16(2,3)12-17-15(21)18(13-7-8-13)11-9-14(19)20/h13H,4-12H2,1-3H3,(H,17,21)(H,19,20). The number of hydrogen-bond acceptors (Lipinski definition) is 2. The molecule has 0 heterocycles. The zero-order valence-corrected chi connectivity index (χ0v) is 13.7. The second-order valence-corrected chi connectivity index (χ2v) is 6.85. The summed E-state index contributed by atoms with van der Waals surface area (Å²) in [5, 5.41) is 11.8. The molecule has 1 aliphatic carbocycles. The number of nitrogens with one attached hydrogen (secondary N) is 1. The van der Waals surface area contributed by atoms with Gasteiger partial charge in [0, 0.05) is 19.1 Å². The zero-order chi connectivity index (χ0) is 15.9. The van der Waals surface area contributed by atoms with Gasteiger partial charge in [-0.15, -0.1) is 0 Å². The van der Waals surface area contributed by atoms with E-state index in [9.17, 15) is 9.59 Å². The third-order valence-electron chi connectivity index (χ3n) is 3.99. The van der Waals surface area contributed by atoms with Crippen molar-refractivity contribution < 1.29 is 14.7 Å². The van der Waals surface area contributed by atoms with Gasteiger partial charge in [0.05, 0.1) is 6.42 Å². The number of urea groups is 1. The van der Waals surface area contributed by atoms with Gasteiger partial charge in [-0.2, -0.15) is 0 Å². The van der Waals surface area contributed by atoms with Crippen LogP contribution in [0.25, 0.3) is 0 Å². The van der Waals surface area contributed by atoms with Crippen LogP contribution in [0.2, 0.25) is 0 Å². The van der Waals surface area contributed by atoms with E-state index in [4.69, 9.17) is 5.11 Å². The first-order valence-corrected chi connectivity index (χ1v) is 8.12. The summed E-state index contributed by atoms with van der Waals surface area (Å²) >= 11 is 0. The number of carboxylic acids is 1. The van der Waals surface area contributed by atoms with Crippen molar-refractivity contribution in [2.45, 2.75) is 71.8 Å². The summed E-state index contributed by atoms with van der Waals surface area (Å²) < 4.78 is 0. The Morgan fingerprint density at radius 3 is 2.48 bits per heavy atom. The minimum absolute atomic E-state index is 0.0177. The van der Waals surface area contributed by atoms with Gasteiger partial charge in [0.15, 0.2) is 0 Å².